The largest absolute Gasteiger partial charge is 0.248 e. The van der Waals surface area contributed by atoms with Gasteiger partial charge in [-0.25, -0.2) is 18.1 Å². The lowest BCUT2D eigenvalue weighted by Gasteiger charge is -2.06. The molecule has 1 N–H and O–H groups in total. The Bertz CT molecular complexity index is 967. The monoisotopic (exact) mass is 392 g/mol. The number of halogens is 1. The van der Waals surface area contributed by atoms with Crippen molar-refractivity contribution in [2.24, 2.45) is 0 Å². The van der Waals surface area contributed by atoms with Crippen molar-refractivity contribution in [1.29, 1.82) is 0 Å². The van der Waals surface area contributed by atoms with Crippen molar-refractivity contribution in [3.05, 3.63) is 80.8 Å². The summed E-state index contributed by atoms with van der Waals surface area (Å²) in [7, 11) is -3.66. The number of thiazole rings is 1. The molecule has 0 saturated heterocycles. The maximum absolute atomic E-state index is 12.3. The van der Waals surface area contributed by atoms with Crippen molar-refractivity contribution >= 4 is 33.0 Å². The van der Waals surface area contributed by atoms with E-state index in [4.69, 9.17) is 11.6 Å². The molecule has 0 amide bonds. The lowest BCUT2D eigenvalue weighted by atomic mass is 10.1. The van der Waals surface area contributed by atoms with Crippen LogP contribution in [0.15, 0.2) is 59.6 Å². The van der Waals surface area contributed by atoms with E-state index in [9.17, 15) is 8.42 Å². The zero-order chi connectivity index (χ0) is 17.9. The van der Waals surface area contributed by atoms with E-state index in [1.165, 1.54) is 28.5 Å². The summed E-state index contributed by atoms with van der Waals surface area (Å²) in [5, 5.41) is 0.923. The molecular weight excluding hydrogens is 376 g/mol. The Kier molecular flexibility index (Phi) is 5.54. The number of aromatic nitrogens is 1. The molecule has 0 fully saturated rings. The number of nitrogens with one attached hydrogen (secondary N) is 1. The molecule has 3 rings (SSSR count). The molecule has 2 aromatic carbocycles. The lowest BCUT2D eigenvalue weighted by molar-refractivity contribution is 0.581. The van der Waals surface area contributed by atoms with Crippen LogP contribution in [-0.4, -0.2) is 13.4 Å². The van der Waals surface area contributed by atoms with Gasteiger partial charge in [-0.15, -0.1) is 11.3 Å². The number of aryl methyl sites for hydroxylation is 1. The number of hydrogen-bond acceptors (Lipinski definition) is 4. The van der Waals surface area contributed by atoms with Crippen molar-refractivity contribution in [3.8, 4) is 0 Å². The quantitative estimate of drug-likeness (QED) is 0.684. The predicted octanol–water partition coefficient (Wildman–Crippen LogP) is 4.17. The number of nitrogens with zero attached hydrogens (tertiary/aromatic N) is 1. The van der Waals surface area contributed by atoms with Crippen molar-refractivity contribution < 1.29 is 8.42 Å². The van der Waals surface area contributed by atoms with E-state index in [1.54, 1.807) is 24.4 Å². The summed E-state index contributed by atoms with van der Waals surface area (Å²) >= 11 is 7.46. The van der Waals surface area contributed by atoms with Crippen molar-refractivity contribution in [1.82, 2.24) is 9.71 Å². The minimum atomic E-state index is -3.66. The fourth-order valence-electron chi connectivity index (χ4n) is 2.32. The molecule has 0 bridgehead atoms. The summed E-state index contributed by atoms with van der Waals surface area (Å²) < 4.78 is 27.2. The summed E-state index contributed by atoms with van der Waals surface area (Å²) in [5.41, 5.74) is 2.43. The average molecular weight is 393 g/mol. The lowest BCUT2D eigenvalue weighted by Crippen LogP contribution is -2.23. The summed E-state index contributed by atoms with van der Waals surface area (Å²) in [4.78, 5) is 5.48. The van der Waals surface area contributed by atoms with Crippen LogP contribution in [-0.2, 0) is 23.0 Å². The molecule has 0 spiro atoms. The molecule has 0 saturated carbocycles. The van der Waals surface area contributed by atoms with Gasteiger partial charge in [0, 0.05) is 17.5 Å². The van der Waals surface area contributed by atoms with Crippen LogP contribution in [0.2, 0.25) is 5.02 Å². The first-order valence-electron chi connectivity index (χ1n) is 7.67. The van der Waals surface area contributed by atoms with Crippen LogP contribution in [0.1, 0.15) is 21.0 Å². The van der Waals surface area contributed by atoms with E-state index in [1.807, 2.05) is 0 Å². The van der Waals surface area contributed by atoms with Gasteiger partial charge in [0.1, 0.15) is 9.90 Å². The van der Waals surface area contributed by atoms with Crippen LogP contribution in [0.25, 0.3) is 0 Å². The molecular formula is C18H17ClN2O2S2. The van der Waals surface area contributed by atoms with E-state index < -0.39 is 10.0 Å². The molecule has 0 unspecified atom stereocenters. The zero-order valence-corrected chi connectivity index (χ0v) is 16.0. The first-order valence-corrected chi connectivity index (χ1v) is 10.3. The maximum Gasteiger partial charge on any atom is 0.242 e. The van der Waals surface area contributed by atoms with E-state index >= 15 is 0 Å². The standard InChI is InChI=1S/C18H17ClN2O2S2/c1-13-6-8-14(9-7-13)10-15-11-20-18(24-15)12-21-25(22,23)17-5-3-2-4-16(17)19/h2-9,11,21H,10,12H2,1H3. The highest BCUT2D eigenvalue weighted by Gasteiger charge is 2.17. The molecule has 0 atom stereocenters. The number of benzene rings is 2. The molecule has 0 radical (unpaired) electrons. The van der Waals surface area contributed by atoms with Crippen molar-refractivity contribution in [3.63, 3.8) is 0 Å². The highest BCUT2D eigenvalue weighted by Crippen LogP contribution is 2.22. The van der Waals surface area contributed by atoms with Crippen LogP contribution in [0.5, 0.6) is 0 Å². The topological polar surface area (TPSA) is 59.1 Å². The number of sulfonamides is 1. The Hall–Kier alpha value is -1.73. The smallest absolute Gasteiger partial charge is 0.242 e. The Labute approximate surface area is 156 Å². The first-order chi connectivity index (χ1) is 11.9. The molecule has 25 heavy (non-hydrogen) atoms. The normalized spacial score (nSPS) is 11.6. The summed E-state index contributed by atoms with van der Waals surface area (Å²) in [6.07, 6.45) is 2.58. The molecule has 130 valence electrons. The zero-order valence-electron chi connectivity index (χ0n) is 13.6. The Balaban J connectivity index is 1.65. The minimum Gasteiger partial charge on any atom is -0.248 e. The molecule has 0 aliphatic carbocycles. The van der Waals surface area contributed by atoms with Crippen LogP contribution in [0, 0.1) is 6.92 Å². The second-order valence-corrected chi connectivity index (χ2v) is 8.98. The fourth-order valence-corrected chi connectivity index (χ4v) is 4.81. The number of hydrogen-bond donors (Lipinski definition) is 1. The maximum atomic E-state index is 12.3. The minimum absolute atomic E-state index is 0.0769. The molecule has 1 heterocycles. The third-order valence-corrected chi connectivity index (χ3v) is 6.54. The van der Waals surface area contributed by atoms with Gasteiger partial charge in [0.05, 0.1) is 11.6 Å². The highest BCUT2D eigenvalue weighted by molar-refractivity contribution is 7.89. The Morgan fingerprint density at radius 2 is 1.84 bits per heavy atom. The second-order valence-electron chi connectivity index (χ2n) is 5.64. The highest BCUT2D eigenvalue weighted by atomic mass is 35.5. The van der Waals surface area contributed by atoms with Gasteiger partial charge < -0.3 is 0 Å². The van der Waals surface area contributed by atoms with Gasteiger partial charge in [0.2, 0.25) is 10.0 Å². The predicted molar refractivity (Wildman–Crippen MR) is 102 cm³/mol. The third-order valence-electron chi connectivity index (χ3n) is 3.64. The third kappa shape index (κ3) is 4.67. The first kappa shape index (κ1) is 18.1. The molecule has 1 aromatic heterocycles. The molecule has 4 nitrogen and oxygen atoms in total. The van der Waals surface area contributed by atoms with Crippen LogP contribution in [0.4, 0.5) is 0 Å². The van der Waals surface area contributed by atoms with Crippen molar-refractivity contribution in [2.45, 2.75) is 24.8 Å². The molecule has 0 aliphatic heterocycles. The number of rotatable bonds is 6. The van der Waals surface area contributed by atoms with Gasteiger partial charge in [-0.3, -0.25) is 0 Å². The van der Waals surface area contributed by atoms with Gasteiger partial charge in [-0.1, -0.05) is 53.6 Å². The molecule has 0 aliphatic rings. The van der Waals surface area contributed by atoms with Gasteiger partial charge in [0.15, 0.2) is 0 Å². The SMILES string of the molecule is Cc1ccc(Cc2cnc(CNS(=O)(=O)c3ccccc3Cl)s2)cc1. The van der Waals surface area contributed by atoms with Crippen molar-refractivity contribution in [2.75, 3.05) is 0 Å². The van der Waals surface area contributed by atoms with Gasteiger partial charge in [-0.05, 0) is 24.6 Å². The van der Waals surface area contributed by atoms with Gasteiger partial charge >= 0.3 is 0 Å². The van der Waals surface area contributed by atoms with Gasteiger partial charge in [0.25, 0.3) is 0 Å². The van der Waals surface area contributed by atoms with E-state index in [2.05, 4.69) is 40.9 Å². The second kappa shape index (κ2) is 7.66. The summed E-state index contributed by atoms with van der Waals surface area (Å²) in [6.45, 7) is 2.20. The van der Waals surface area contributed by atoms with Crippen LogP contribution >= 0.6 is 22.9 Å². The van der Waals surface area contributed by atoms with Gasteiger partial charge in [-0.2, -0.15) is 0 Å². The van der Waals surface area contributed by atoms with E-state index in [-0.39, 0.29) is 16.5 Å². The van der Waals surface area contributed by atoms with E-state index in [0.717, 1.165) is 16.3 Å². The fraction of sp³-hybridized carbons (Fsp3) is 0.167. The Morgan fingerprint density at radius 1 is 1.12 bits per heavy atom. The van der Waals surface area contributed by atoms with E-state index in [0.29, 0.717) is 0 Å². The molecule has 3 aromatic rings. The summed E-state index contributed by atoms with van der Waals surface area (Å²) in [6, 6.07) is 14.7. The van der Waals surface area contributed by atoms with Crippen LogP contribution in [0.3, 0.4) is 0 Å². The molecule has 7 heteroatoms. The van der Waals surface area contributed by atoms with Crippen LogP contribution < -0.4 is 4.72 Å². The average Bonchev–Trinajstić information content (AvgIpc) is 3.03. The summed E-state index contributed by atoms with van der Waals surface area (Å²) in [5.74, 6) is 0. The Morgan fingerprint density at radius 3 is 2.56 bits per heavy atom.